The molecule has 0 spiro atoms. The lowest BCUT2D eigenvalue weighted by Crippen LogP contribution is -2.16. The van der Waals surface area contributed by atoms with Crippen LogP contribution in [0.15, 0.2) is 48.5 Å². The summed E-state index contributed by atoms with van der Waals surface area (Å²) >= 11 is 0. The average molecular weight is 809 g/mol. The summed E-state index contributed by atoms with van der Waals surface area (Å²) < 4.78 is 59.9. The van der Waals surface area contributed by atoms with Crippen LogP contribution < -0.4 is 10.6 Å². The molecule has 2 N–H and O–H groups in total. The molecule has 0 unspecified atom stereocenters. The zero-order valence-electron chi connectivity index (χ0n) is 34.3. The van der Waals surface area contributed by atoms with Gasteiger partial charge in [0, 0.05) is 24.5 Å². The molecule has 2 rings (SSSR count). The van der Waals surface area contributed by atoms with E-state index >= 15 is 0 Å². The molecule has 2 aromatic carbocycles. The number of carbonyl (C=O) groups is 2. The van der Waals surface area contributed by atoms with E-state index in [1.165, 1.54) is 0 Å². The zero-order valence-corrected chi connectivity index (χ0v) is 34.3. The summed E-state index contributed by atoms with van der Waals surface area (Å²) in [5.74, 6) is -0.731. The van der Waals surface area contributed by atoms with Crippen LogP contribution in [-0.2, 0) is 52.1 Å². The number of unbranched alkanes of at least 4 members (excludes halogenated alkanes) is 2. The third kappa shape index (κ3) is 28.6. The van der Waals surface area contributed by atoms with Crippen molar-refractivity contribution in [2.75, 3.05) is 156 Å². The Hall–Kier alpha value is -3.38. The molecule has 0 aliphatic rings. The molecule has 0 aliphatic heterocycles. The molecule has 0 bridgehead atoms. The summed E-state index contributed by atoms with van der Waals surface area (Å²) in [6.07, 6.45) is 4.47. The molecule has 324 valence electrons. The average Bonchev–Trinajstić information content (AvgIpc) is 3.23. The van der Waals surface area contributed by atoms with E-state index in [4.69, 9.17) is 52.1 Å². The second-order valence-corrected chi connectivity index (χ2v) is 12.5. The van der Waals surface area contributed by atoms with Gasteiger partial charge in [0.15, 0.2) is 0 Å². The monoisotopic (exact) mass is 808 g/mol. The topological polar surface area (TPSA) is 160 Å². The highest BCUT2D eigenvalue weighted by Gasteiger charge is 2.08. The van der Waals surface area contributed by atoms with Crippen LogP contribution in [-0.4, -0.2) is 157 Å². The van der Waals surface area contributed by atoms with Gasteiger partial charge in [0.2, 0.25) is 0 Å². The molecule has 15 nitrogen and oxygen atoms in total. The highest BCUT2D eigenvalue weighted by atomic mass is 16.6. The molecule has 2 aromatic rings. The minimum atomic E-state index is -0.366. The smallest absolute Gasteiger partial charge is 0.338 e. The molecule has 0 heterocycles. The molecule has 0 amide bonds. The number of nitrogens with one attached hydrogen (secondary N) is 2. The van der Waals surface area contributed by atoms with E-state index in [0.29, 0.717) is 130 Å². The van der Waals surface area contributed by atoms with Crippen molar-refractivity contribution in [2.24, 2.45) is 0 Å². The van der Waals surface area contributed by atoms with E-state index in [2.05, 4.69) is 24.5 Å². The lowest BCUT2D eigenvalue weighted by Gasteiger charge is -2.09. The Balaban J connectivity index is 1.20. The van der Waals surface area contributed by atoms with E-state index in [9.17, 15) is 9.59 Å². The molecular formula is C42H68N2O13. The number of hydrogen-bond donors (Lipinski definition) is 2. The summed E-state index contributed by atoms with van der Waals surface area (Å²) in [6, 6.07) is 14.6. The largest absolute Gasteiger partial charge is 0.460 e. The van der Waals surface area contributed by atoms with Crippen LogP contribution in [0.5, 0.6) is 0 Å². The zero-order chi connectivity index (χ0) is 40.7. The normalized spacial score (nSPS) is 11.1. The molecule has 57 heavy (non-hydrogen) atoms. The maximum Gasteiger partial charge on any atom is 0.338 e. The predicted octanol–water partition coefficient (Wildman–Crippen LogP) is 5.27. The molecule has 0 aliphatic carbocycles. The van der Waals surface area contributed by atoms with Crippen LogP contribution in [0.1, 0.15) is 60.2 Å². The van der Waals surface area contributed by atoms with Crippen molar-refractivity contribution >= 4 is 23.3 Å². The van der Waals surface area contributed by atoms with Crippen molar-refractivity contribution in [1.82, 2.24) is 0 Å². The number of benzene rings is 2. The number of hydrogen-bond acceptors (Lipinski definition) is 15. The van der Waals surface area contributed by atoms with Gasteiger partial charge in [0.1, 0.15) is 13.2 Å². The second kappa shape index (κ2) is 36.9. The van der Waals surface area contributed by atoms with E-state index in [1.54, 1.807) is 24.3 Å². The molecule has 0 aromatic heterocycles. The molecule has 0 saturated carbocycles. The van der Waals surface area contributed by atoms with Crippen LogP contribution in [0.4, 0.5) is 11.4 Å². The fourth-order valence-electron chi connectivity index (χ4n) is 4.68. The molecule has 0 saturated heterocycles. The van der Waals surface area contributed by atoms with E-state index in [0.717, 1.165) is 50.1 Å². The predicted molar refractivity (Wildman–Crippen MR) is 218 cm³/mol. The summed E-state index contributed by atoms with van der Waals surface area (Å²) in [4.78, 5) is 24.3. The van der Waals surface area contributed by atoms with Gasteiger partial charge in [-0.2, -0.15) is 0 Å². The molecule has 0 atom stereocenters. The molecule has 0 fully saturated rings. The fourth-order valence-corrected chi connectivity index (χ4v) is 4.68. The quantitative estimate of drug-likeness (QED) is 0.0662. The molecular weight excluding hydrogens is 740 g/mol. The summed E-state index contributed by atoms with van der Waals surface area (Å²) in [5.41, 5.74) is 3.01. The van der Waals surface area contributed by atoms with Crippen LogP contribution in [0.2, 0.25) is 0 Å². The van der Waals surface area contributed by atoms with Gasteiger partial charge in [-0.15, -0.1) is 0 Å². The van der Waals surface area contributed by atoms with Crippen molar-refractivity contribution in [2.45, 2.75) is 39.5 Å². The maximum absolute atomic E-state index is 12.1. The van der Waals surface area contributed by atoms with Crippen LogP contribution in [0.25, 0.3) is 0 Å². The van der Waals surface area contributed by atoms with Gasteiger partial charge in [-0.05, 0) is 61.4 Å². The van der Waals surface area contributed by atoms with Gasteiger partial charge in [-0.25, -0.2) is 9.59 Å². The minimum Gasteiger partial charge on any atom is -0.460 e. The fraction of sp³-hybridized carbons (Fsp3) is 0.667. The van der Waals surface area contributed by atoms with Gasteiger partial charge >= 0.3 is 11.9 Å². The van der Waals surface area contributed by atoms with E-state index in [-0.39, 0.29) is 25.2 Å². The van der Waals surface area contributed by atoms with Crippen molar-refractivity contribution in [3.05, 3.63) is 59.7 Å². The SMILES string of the molecule is CCCCNc1ccc(C(=O)OCCOCCOCCOCCOCCOCCOCCOCCOCCOCCOC(=O)c2ccc(NCCCC)cc2)cc1. The lowest BCUT2D eigenvalue weighted by atomic mass is 10.2. The third-order valence-electron chi connectivity index (χ3n) is 7.86. The standard InChI is InChI=1S/C42H68N2O13/c1-3-5-15-43-39-11-7-37(8-12-39)41(45)56-35-33-54-31-29-52-27-25-50-23-21-48-19-17-47-18-20-49-22-24-51-26-28-53-30-32-55-34-36-57-42(46)38-9-13-40(14-10-38)44-16-6-4-2/h7-14,43-44H,3-6,15-36H2,1-2H3. The lowest BCUT2D eigenvalue weighted by molar-refractivity contribution is -0.0266. The number of esters is 2. The molecule has 0 radical (unpaired) electrons. The number of rotatable bonds is 40. The first-order chi connectivity index (χ1) is 28.1. The van der Waals surface area contributed by atoms with Crippen LogP contribution >= 0.6 is 0 Å². The molecule has 15 heteroatoms. The van der Waals surface area contributed by atoms with Crippen molar-refractivity contribution in [3.8, 4) is 0 Å². The first-order valence-electron chi connectivity index (χ1n) is 20.4. The number of ether oxygens (including phenoxy) is 11. The Morgan fingerprint density at radius 2 is 0.596 bits per heavy atom. The highest BCUT2D eigenvalue weighted by Crippen LogP contribution is 2.12. The van der Waals surface area contributed by atoms with Crippen molar-refractivity contribution < 1.29 is 61.7 Å². The summed E-state index contributed by atoms with van der Waals surface area (Å²) in [7, 11) is 0. The van der Waals surface area contributed by atoms with Gasteiger partial charge in [0.05, 0.1) is 130 Å². The van der Waals surface area contributed by atoms with Gasteiger partial charge in [0.25, 0.3) is 0 Å². The van der Waals surface area contributed by atoms with E-state index in [1.807, 2.05) is 24.3 Å². The van der Waals surface area contributed by atoms with Gasteiger partial charge in [-0.3, -0.25) is 0 Å². The van der Waals surface area contributed by atoms with Gasteiger partial charge < -0.3 is 62.7 Å². The van der Waals surface area contributed by atoms with Crippen LogP contribution in [0, 0.1) is 0 Å². The Morgan fingerprint density at radius 1 is 0.368 bits per heavy atom. The summed E-state index contributed by atoms with van der Waals surface area (Å²) in [5, 5.41) is 6.63. The highest BCUT2D eigenvalue weighted by molar-refractivity contribution is 5.90. The second-order valence-electron chi connectivity index (χ2n) is 12.5. The van der Waals surface area contributed by atoms with Crippen molar-refractivity contribution in [3.63, 3.8) is 0 Å². The number of anilines is 2. The van der Waals surface area contributed by atoms with Crippen molar-refractivity contribution in [1.29, 1.82) is 0 Å². The Bertz CT molecular complexity index is 1130. The van der Waals surface area contributed by atoms with Crippen LogP contribution in [0.3, 0.4) is 0 Å². The Kier molecular flexibility index (Phi) is 32.2. The maximum atomic E-state index is 12.1. The number of carbonyl (C=O) groups excluding carboxylic acids is 2. The Morgan fingerprint density at radius 3 is 0.825 bits per heavy atom. The minimum absolute atomic E-state index is 0.184. The Labute approximate surface area is 339 Å². The first-order valence-corrected chi connectivity index (χ1v) is 20.4. The van der Waals surface area contributed by atoms with E-state index < -0.39 is 0 Å². The summed E-state index contributed by atoms with van der Waals surface area (Å²) in [6.45, 7) is 14.4. The first kappa shape index (κ1) is 49.8. The van der Waals surface area contributed by atoms with Gasteiger partial charge in [-0.1, -0.05) is 26.7 Å². The third-order valence-corrected chi connectivity index (χ3v) is 7.86.